The van der Waals surface area contributed by atoms with Gasteiger partial charge in [0.25, 0.3) is 0 Å². The fourth-order valence-corrected chi connectivity index (χ4v) is 1.92. The van der Waals surface area contributed by atoms with Crippen LogP contribution < -0.4 is 14.8 Å². The van der Waals surface area contributed by atoms with Crippen molar-refractivity contribution in [3.63, 3.8) is 0 Å². The second kappa shape index (κ2) is 7.81. The van der Waals surface area contributed by atoms with Gasteiger partial charge in [0.05, 0.1) is 7.11 Å². The number of hydrogen-bond acceptors (Lipinski definition) is 3. The Labute approximate surface area is 112 Å². The third-order valence-electron chi connectivity index (χ3n) is 2.88. The molecule has 0 saturated heterocycles. The van der Waals surface area contributed by atoms with E-state index in [1.54, 1.807) is 18.2 Å². The molecule has 3 nitrogen and oxygen atoms in total. The molecule has 1 aromatic carbocycles. The molecule has 108 valence electrons. The van der Waals surface area contributed by atoms with Crippen molar-refractivity contribution in [3.8, 4) is 11.5 Å². The minimum Gasteiger partial charge on any atom is -0.493 e. The first-order valence-corrected chi connectivity index (χ1v) is 6.50. The minimum atomic E-state index is -2.86. The number of ether oxygens (including phenoxy) is 2. The highest BCUT2D eigenvalue weighted by Gasteiger charge is 2.12. The molecule has 0 spiro atoms. The number of methoxy groups -OCH3 is 1. The molecule has 0 aliphatic rings. The van der Waals surface area contributed by atoms with Crippen LogP contribution in [0.15, 0.2) is 18.2 Å². The Morgan fingerprint density at radius 2 is 1.95 bits per heavy atom. The van der Waals surface area contributed by atoms with E-state index in [2.05, 4.69) is 23.9 Å². The van der Waals surface area contributed by atoms with Gasteiger partial charge in [0, 0.05) is 17.8 Å². The molecule has 0 aliphatic heterocycles. The molecule has 0 bridgehead atoms. The highest BCUT2D eigenvalue weighted by atomic mass is 19.3. The predicted molar refractivity (Wildman–Crippen MR) is 72.2 cm³/mol. The van der Waals surface area contributed by atoms with E-state index in [4.69, 9.17) is 4.74 Å². The first-order chi connectivity index (χ1) is 9.10. The fourth-order valence-electron chi connectivity index (χ4n) is 1.92. The second-order valence-corrected chi connectivity index (χ2v) is 4.28. The van der Waals surface area contributed by atoms with Crippen LogP contribution in [-0.2, 0) is 0 Å². The third-order valence-corrected chi connectivity index (χ3v) is 2.88. The quantitative estimate of drug-likeness (QED) is 0.766. The summed E-state index contributed by atoms with van der Waals surface area (Å²) in [5, 5.41) is 3.31. The molecule has 1 rings (SSSR count). The van der Waals surface area contributed by atoms with E-state index in [0.717, 1.165) is 24.9 Å². The summed E-state index contributed by atoms with van der Waals surface area (Å²) in [5.41, 5.74) is 0.761. The summed E-state index contributed by atoms with van der Waals surface area (Å²) < 4.78 is 34.1. The van der Waals surface area contributed by atoms with Gasteiger partial charge in [-0.3, -0.25) is 0 Å². The maximum Gasteiger partial charge on any atom is 0.387 e. The first-order valence-electron chi connectivity index (χ1n) is 6.50. The largest absolute Gasteiger partial charge is 0.493 e. The summed E-state index contributed by atoms with van der Waals surface area (Å²) in [6.07, 6.45) is 3.08. The number of benzene rings is 1. The topological polar surface area (TPSA) is 30.5 Å². The number of nitrogens with one attached hydrogen (secondary N) is 1. The van der Waals surface area contributed by atoms with E-state index in [-0.39, 0.29) is 5.75 Å². The van der Waals surface area contributed by atoms with Crippen molar-refractivity contribution in [2.45, 2.75) is 45.8 Å². The predicted octanol–water partition coefficient (Wildman–Crippen LogP) is 4.29. The molecule has 0 aromatic heterocycles. The van der Waals surface area contributed by atoms with E-state index in [0.29, 0.717) is 11.8 Å². The molecule has 1 N–H and O–H groups in total. The Morgan fingerprint density at radius 1 is 1.21 bits per heavy atom. The molecule has 5 heteroatoms. The molecule has 0 amide bonds. The Kier molecular flexibility index (Phi) is 6.39. The standard InChI is InChI=1S/C14H21F2NO2/c1-4-6-10(5-2)17-11-7-8-12(18-3)13(9-11)19-14(15)16/h7-10,14,17H,4-6H2,1-3H3. The molecule has 0 radical (unpaired) electrons. The minimum absolute atomic E-state index is 0.0499. The normalized spacial score (nSPS) is 12.3. The van der Waals surface area contributed by atoms with E-state index in [9.17, 15) is 8.78 Å². The number of anilines is 1. The van der Waals surface area contributed by atoms with Gasteiger partial charge in [-0.15, -0.1) is 0 Å². The van der Waals surface area contributed by atoms with E-state index >= 15 is 0 Å². The molecular formula is C14H21F2NO2. The summed E-state index contributed by atoms with van der Waals surface area (Å²) in [6.45, 7) is 1.35. The van der Waals surface area contributed by atoms with Gasteiger partial charge in [0.2, 0.25) is 0 Å². The van der Waals surface area contributed by atoms with E-state index < -0.39 is 6.61 Å². The van der Waals surface area contributed by atoms with Crippen LogP contribution in [0.5, 0.6) is 11.5 Å². The van der Waals surface area contributed by atoms with E-state index in [1.165, 1.54) is 7.11 Å². The lowest BCUT2D eigenvalue weighted by atomic mass is 10.1. The van der Waals surface area contributed by atoms with Crippen molar-refractivity contribution < 1.29 is 18.3 Å². The number of rotatable bonds is 8. The summed E-state index contributed by atoms with van der Waals surface area (Å²) in [6, 6.07) is 5.30. The summed E-state index contributed by atoms with van der Waals surface area (Å²) >= 11 is 0. The zero-order valence-corrected chi connectivity index (χ0v) is 11.6. The monoisotopic (exact) mass is 273 g/mol. The van der Waals surface area contributed by atoms with Crippen LogP contribution in [0.25, 0.3) is 0 Å². The zero-order chi connectivity index (χ0) is 14.3. The van der Waals surface area contributed by atoms with Gasteiger partial charge in [0.1, 0.15) is 0 Å². The second-order valence-electron chi connectivity index (χ2n) is 4.28. The molecular weight excluding hydrogens is 252 g/mol. The Morgan fingerprint density at radius 3 is 2.47 bits per heavy atom. The maximum absolute atomic E-state index is 12.3. The summed E-state index contributed by atoms with van der Waals surface area (Å²) in [4.78, 5) is 0. The van der Waals surface area contributed by atoms with Crippen LogP contribution in [0.1, 0.15) is 33.1 Å². The molecule has 1 atom stereocenters. The zero-order valence-electron chi connectivity index (χ0n) is 11.6. The highest BCUT2D eigenvalue weighted by molar-refractivity contribution is 5.55. The van der Waals surface area contributed by atoms with Gasteiger partial charge in [-0.1, -0.05) is 20.3 Å². The van der Waals surface area contributed by atoms with Crippen LogP contribution in [0, 0.1) is 0 Å². The first kappa shape index (κ1) is 15.5. The Bertz CT molecular complexity index is 386. The Balaban J connectivity index is 2.84. The van der Waals surface area contributed by atoms with Gasteiger partial charge < -0.3 is 14.8 Å². The fraction of sp³-hybridized carbons (Fsp3) is 0.571. The lowest BCUT2D eigenvalue weighted by Gasteiger charge is -2.19. The Hall–Kier alpha value is -1.52. The molecule has 0 fully saturated rings. The van der Waals surface area contributed by atoms with Crippen LogP contribution >= 0.6 is 0 Å². The van der Waals surface area contributed by atoms with Gasteiger partial charge in [-0.25, -0.2) is 0 Å². The molecule has 1 unspecified atom stereocenters. The van der Waals surface area contributed by atoms with Gasteiger partial charge in [-0.05, 0) is 25.0 Å². The van der Waals surface area contributed by atoms with Crippen molar-refractivity contribution >= 4 is 5.69 Å². The van der Waals surface area contributed by atoms with Gasteiger partial charge in [-0.2, -0.15) is 8.78 Å². The summed E-state index contributed by atoms with van der Waals surface area (Å²) in [7, 11) is 1.42. The van der Waals surface area contributed by atoms with Gasteiger partial charge >= 0.3 is 6.61 Å². The molecule has 0 saturated carbocycles. The van der Waals surface area contributed by atoms with E-state index in [1.807, 2.05) is 0 Å². The van der Waals surface area contributed by atoms with Crippen LogP contribution in [-0.4, -0.2) is 19.8 Å². The van der Waals surface area contributed by atoms with Crippen molar-refractivity contribution in [2.75, 3.05) is 12.4 Å². The number of halogens is 2. The average Bonchev–Trinajstić information content (AvgIpc) is 2.38. The van der Waals surface area contributed by atoms with Crippen LogP contribution in [0.2, 0.25) is 0 Å². The SMILES string of the molecule is CCCC(CC)Nc1ccc(OC)c(OC(F)F)c1. The van der Waals surface area contributed by atoms with Crippen molar-refractivity contribution in [2.24, 2.45) is 0 Å². The van der Waals surface area contributed by atoms with Crippen LogP contribution in [0.3, 0.4) is 0 Å². The highest BCUT2D eigenvalue weighted by Crippen LogP contribution is 2.32. The van der Waals surface area contributed by atoms with Crippen molar-refractivity contribution in [3.05, 3.63) is 18.2 Å². The molecule has 19 heavy (non-hydrogen) atoms. The third kappa shape index (κ3) is 4.93. The van der Waals surface area contributed by atoms with Crippen molar-refractivity contribution in [1.29, 1.82) is 0 Å². The molecule has 0 aliphatic carbocycles. The number of alkyl halides is 2. The molecule has 1 aromatic rings. The van der Waals surface area contributed by atoms with Crippen LogP contribution in [0.4, 0.5) is 14.5 Å². The summed E-state index contributed by atoms with van der Waals surface area (Å²) in [5.74, 6) is 0.350. The van der Waals surface area contributed by atoms with Gasteiger partial charge in [0.15, 0.2) is 11.5 Å². The number of hydrogen-bond donors (Lipinski definition) is 1. The van der Waals surface area contributed by atoms with Crippen molar-refractivity contribution in [1.82, 2.24) is 0 Å². The lowest BCUT2D eigenvalue weighted by molar-refractivity contribution is -0.0511. The lowest BCUT2D eigenvalue weighted by Crippen LogP contribution is -2.18. The smallest absolute Gasteiger partial charge is 0.387 e. The maximum atomic E-state index is 12.3. The molecule has 0 heterocycles. The average molecular weight is 273 g/mol.